The van der Waals surface area contributed by atoms with Crippen LogP contribution in [0, 0.1) is 4.77 Å². The van der Waals surface area contributed by atoms with E-state index in [1.165, 1.54) is 19.2 Å². The number of ether oxygens (including phenoxy) is 2. The van der Waals surface area contributed by atoms with Gasteiger partial charge in [-0.25, -0.2) is 4.68 Å². The van der Waals surface area contributed by atoms with E-state index in [-0.39, 0.29) is 21.2 Å². The smallest absolute Gasteiger partial charge is 0.449 e. The van der Waals surface area contributed by atoms with Gasteiger partial charge in [0.2, 0.25) is 16.4 Å². The molecule has 0 fully saturated rings. The van der Waals surface area contributed by atoms with E-state index in [2.05, 4.69) is 5.10 Å². The molecule has 1 aromatic carbocycles. The Kier molecular flexibility index (Phi) is 3.42. The second-order valence-electron chi connectivity index (χ2n) is 5.42. The highest BCUT2D eigenvalue weighted by molar-refractivity contribution is 7.71. The number of hydrogen-bond donors (Lipinski definition) is 0. The summed E-state index contributed by atoms with van der Waals surface area (Å²) >= 11 is 11.2. The molecule has 2 heterocycles. The van der Waals surface area contributed by atoms with Gasteiger partial charge in [0, 0.05) is 33.0 Å². The molecular weight excluding hydrogens is 355 g/mol. The number of fused-ring (bicyclic) bond motifs is 1. The van der Waals surface area contributed by atoms with Gasteiger partial charge in [-0.15, -0.1) is 5.10 Å². The van der Waals surface area contributed by atoms with Crippen LogP contribution in [-0.2, 0) is 13.2 Å². The second-order valence-corrected chi connectivity index (χ2v) is 6.19. The predicted molar refractivity (Wildman–Crippen MR) is 78.7 cm³/mol. The summed E-state index contributed by atoms with van der Waals surface area (Å²) in [6.07, 6.45) is -4.69. The third-order valence-electron chi connectivity index (χ3n) is 3.14. The molecule has 2 aromatic rings. The highest BCUT2D eigenvalue weighted by atomic mass is 35.5. The summed E-state index contributed by atoms with van der Waals surface area (Å²) in [6, 6.07) is 2.76. The molecule has 3 rings (SSSR count). The summed E-state index contributed by atoms with van der Waals surface area (Å²) in [5.74, 6) is -1.45. The molecule has 124 valence electrons. The van der Waals surface area contributed by atoms with Gasteiger partial charge in [0.25, 0.3) is 0 Å². The lowest BCUT2D eigenvalue weighted by atomic mass is 10.2. The number of hydrogen-bond acceptors (Lipinski definition) is 4. The zero-order valence-corrected chi connectivity index (χ0v) is 13.8. The first-order valence-electron chi connectivity index (χ1n) is 6.45. The van der Waals surface area contributed by atoms with Crippen molar-refractivity contribution in [1.29, 1.82) is 0 Å². The van der Waals surface area contributed by atoms with E-state index in [1.807, 2.05) is 0 Å². The first kappa shape index (κ1) is 16.1. The number of rotatable bonds is 1. The molecule has 1 aromatic heterocycles. The molecule has 0 radical (unpaired) electrons. The molecule has 0 aliphatic carbocycles. The van der Waals surface area contributed by atoms with E-state index < -0.39 is 17.8 Å². The number of benzene rings is 1. The summed E-state index contributed by atoms with van der Waals surface area (Å²) in [4.78, 5) is 0. The van der Waals surface area contributed by atoms with Crippen molar-refractivity contribution in [3.8, 4) is 17.2 Å². The van der Waals surface area contributed by atoms with Gasteiger partial charge in [-0.3, -0.25) is 4.57 Å². The summed E-state index contributed by atoms with van der Waals surface area (Å²) in [5.41, 5.74) is 0.0251. The molecule has 1 aliphatic heterocycles. The topological polar surface area (TPSA) is 41.2 Å². The van der Waals surface area contributed by atoms with Crippen molar-refractivity contribution in [1.82, 2.24) is 14.3 Å². The van der Waals surface area contributed by atoms with Crippen molar-refractivity contribution in [2.45, 2.75) is 25.8 Å². The molecule has 0 bridgehead atoms. The Balaban J connectivity index is 2.24. The maximum absolute atomic E-state index is 13.2. The maximum Gasteiger partial charge on any atom is 0.452 e. The average molecular weight is 366 g/mol. The number of halogens is 4. The van der Waals surface area contributed by atoms with Crippen LogP contribution >= 0.6 is 23.8 Å². The van der Waals surface area contributed by atoms with E-state index in [0.29, 0.717) is 5.75 Å². The third-order valence-corrected chi connectivity index (χ3v) is 3.89. The summed E-state index contributed by atoms with van der Waals surface area (Å²) < 4.78 is 52.3. The Labute approximate surface area is 139 Å². The molecule has 0 spiro atoms. The number of aryl methyl sites for hydroxylation is 1. The summed E-state index contributed by atoms with van der Waals surface area (Å²) in [6.45, 7) is 3.36. The molecular formula is C13H11ClF3N3O2S. The van der Waals surface area contributed by atoms with Gasteiger partial charge in [-0.1, -0.05) is 11.6 Å². The van der Waals surface area contributed by atoms with Crippen LogP contribution in [0.15, 0.2) is 12.1 Å². The van der Waals surface area contributed by atoms with E-state index in [1.54, 1.807) is 13.8 Å². The predicted octanol–water partition coefficient (Wildman–Crippen LogP) is 4.12. The molecule has 5 nitrogen and oxygen atoms in total. The van der Waals surface area contributed by atoms with E-state index in [9.17, 15) is 13.2 Å². The molecule has 0 unspecified atom stereocenters. The van der Waals surface area contributed by atoms with Crippen LogP contribution in [0.2, 0.25) is 5.02 Å². The van der Waals surface area contributed by atoms with Gasteiger partial charge < -0.3 is 9.47 Å². The van der Waals surface area contributed by atoms with E-state index in [4.69, 9.17) is 33.3 Å². The van der Waals surface area contributed by atoms with Crippen molar-refractivity contribution in [3.63, 3.8) is 0 Å². The minimum absolute atomic E-state index is 0.0251. The molecule has 1 aliphatic rings. The van der Waals surface area contributed by atoms with Crippen LogP contribution in [0.5, 0.6) is 11.5 Å². The standard InChI is InChI=1S/C13H11ClF3N3O2S/c1-12(2)21-8-4-6(14)7(5-9(8)22-12)20-10(13(15,16)17)18-19(3)11(20)23/h4-5H,1-3H3. The lowest BCUT2D eigenvalue weighted by Gasteiger charge is -2.16. The van der Waals surface area contributed by atoms with Crippen LogP contribution < -0.4 is 9.47 Å². The fraction of sp³-hybridized carbons (Fsp3) is 0.385. The quantitative estimate of drug-likeness (QED) is 0.713. The van der Waals surface area contributed by atoms with Gasteiger partial charge in [0.1, 0.15) is 0 Å². The molecule has 0 amide bonds. The number of aromatic nitrogens is 3. The number of nitrogens with zero attached hydrogens (tertiary/aromatic N) is 3. The number of alkyl halides is 3. The van der Waals surface area contributed by atoms with Crippen LogP contribution in [-0.4, -0.2) is 20.1 Å². The fourth-order valence-electron chi connectivity index (χ4n) is 2.27. The highest BCUT2D eigenvalue weighted by Crippen LogP contribution is 2.44. The van der Waals surface area contributed by atoms with E-state index in [0.717, 1.165) is 9.25 Å². The SMILES string of the molecule is Cn1nc(C(F)(F)F)n(-c2cc3c(cc2Cl)OC(C)(C)O3)c1=S. The van der Waals surface area contributed by atoms with Gasteiger partial charge in [0.05, 0.1) is 10.7 Å². The normalized spacial score (nSPS) is 16.0. The van der Waals surface area contributed by atoms with E-state index >= 15 is 0 Å². The zero-order chi connectivity index (χ0) is 17.2. The first-order valence-corrected chi connectivity index (χ1v) is 7.23. The molecule has 0 saturated carbocycles. The Morgan fingerprint density at radius 3 is 2.35 bits per heavy atom. The fourth-order valence-corrected chi connectivity index (χ4v) is 2.74. The second kappa shape index (κ2) is 4.88. The zero-order valence-electron chi connectivity index (χ0n) is 12.2. The Hall–Kier alpha value is -1.74. The average Bonchev–Trinajstić information content (AvgIpc) is 2.84. The largest absolute Gasteiger partial charge is 0.452 e. The van der Waals surface area contributed by atoms with Crippen molar-refractivity contribution in [3.05, 3.63) is 27.8 Å². The maximum atomic E-state index is 13.2. The lowest BCUT2D eigenvalue weighted by Crippen LogP contribution is -2.29. The Morgan fingerprint density at radius 1 is 1.22 bits per heavy atom. The van der Waals surface area contributed by atoms with Crippen molar-refractivity contribution < 1.29 is 22.6 Å². The van der Waals surface area contributed by atoms with Crippen molar-refractivity contribution in [2.24, 2.45) is 7.05 Å². The Bertz CT molecular complexity index is 857. The van der Waals surface area contributed by atoms with Crippen LogP contribution in [0.3, 0.4) is 0 Å². The molecule has 23 heavy (non-hydrogen) atoms. The lowest BCUT2D eigenvalue weighted by molar-refractivity contribution is -0.146. The Morgan fingerprint density at radius 2 is 1.78 bits per heavy atom. The van der Waals surface area contributed by atoms with Gasteiger partial charge in [-0.05, 0) is 12.2 Å². The highest BCUT2D eigenvalue weighted by Gasteiger charge is 2.40. The minimum atomic E-state index is -4.69. The summed E-state index contributed by atoms with van der Waals surface area (Å²) in [5, 5.41) is 3.48. The van der Waals surface area contributed by atoms with Crippen LogP contribution in [0.1, 0.15) is 19.7 Å². The first-order chi connectivity index (χ1) is 10.5. The molecule has 10 heteroatoms. The van der Waals surface area contributed by atoms with Gasteiger partial charge in [-0.2, -0.15) is 13.2 Å². The van der Waals surface area contributed by atoms with Crippen molar-refractivity contribution in [2.75, 3.05) is 0 Å². The van der Waals surface area contributed by atoms with Gasteiger partial charge >= 0.3 is 6.18 Å². The minimum Gasteiger partial charge on any atom is -0.449 e. The summed E-state index contributed by atoms with van der Waals surface area (Å²) in [7, 11) is 1.33. The molecule has 0 saturated heterocycles. The van der Waals surface area contributed by atoms with Crippen LogP contribution in [0.25, 0.3) is 5.69 Å². The third kappa shape index (κ3) is 2.67. The van der Waals surface area contributed by atoms with Gasteiger partial charge in [0.15, 0.2) is 11.5 Å². The molecule has 0 N–H and O–H groups in total. The van der Waals surface area contributed by atoms with Crippen molar-refractivity contribution >= 4 is 23.8 Å². The van der Waals surface area contributed by atoms with Crippen LogP contribution in [0.4, 0.5) is 13.2 Å². The monoisotopic (exact) mass is 365 g/mol. The molecule has 0 atom stereocenters.